The van der Waals surface area contributed by atoms with Crippen LogP contribution in [-0.2, 0) is 22.9 Å². The third-order valence-electron chi connectivity index (χ3n) is 6.03. The van der Waals surface area contributed by atoms with Crippen LogP contribution in [0.25, 0.3) is 10.8 Å². The van der Waals surface area contributed by atoms with Crippen molar-refractivity contribution in [1.29, 1.82) is 0 Å². The number of azo groups is 1. The lowest BCUT2D eigenvalue weighted by atomic mass is 9.93. The fourth-order valence-corrected chi connectivity index (χ4v) is 5.49. The standard InChI is InChI=1S/C27H20BrN3O5S/c28-18-10-12-19(13-11-18)37(35,36)31-23-15-24(26(33)21-6-2-1-5-20(21)23)29-30-27(34)17-9-8-16-4-3-7-25(32)22(16)14-17/h1-4,7-15,31-33H,5-6H2. The minimum absolute atomic E-state index is 0.0344. The van der Waals surface area contributed by atoms with E-state index in [0.29, 0.717) is 29.4 Å². The minimum atomic E-state index is -3.93. The first-order valence-corrected chi connectivity index (χ1v) is 13.5. The molecule has 10 heteroatoms. The monoisotopic (exact) mass is 577 g/mol. The molecule has 3 N–H and O–H groups in total. The van der Waals surface area contributed by atoms with E-state index < -0.39 is 15.9 Å². The summed E-state index contributed by atoms with van der Waals surface area (Å²) in [5.41, 5.74) is 1.54. The summed E-state index contributed by atoms with van der Waals surface area (Å²) < 4.78 is 29.4. The molecule has 1 aliphatic carbocycles. The Labute approximate surface area is 221 Å². The van der Waals surface area contributed by atoms with Crippen LogP contribution in [0.15, 0.2) is 98.5 Å². The Balaban J connectivity index is 1.50. The number of fused-ring (bicyclic) bond motifs is 2. The third kappa shape index (κ3) is 4.98. The van der Waals surface area contributed by atoms with Gasteiger partial charge in [-0.3, -0.25) is 9.52 Å². The van der Waals surface area contributed by atoms with E-state index in [1.807, 2.05) is 12.2 Å². The van der Waals surface area contributed by atoms with Crippen LogP contribution >= 0.6 is 15.9 Å². The molecule has 0 saturated carbocycles. The number of phenols is 2. The Hall–Kier alpha value is -4.02. The molecule has 186 valence electrons. The maximum atomic E-state index is 13.0. The van der Waals surface area contributed by atoms with Gasteiger partial charge in [0.05, 0.1) is 10.6 Å². The van der Waals surface area contributed by atoms with E-state index in [2.05, 4.69) is 30.9 Å². The SMILES string of the molecule is O=C(N=Nc1cc(NS(=O)(=O)c2ccc(Br)cc2)c2c(c1O)CC=CC2)c1ccc2cccc(O)c2c1. The van der Waals surface area contributed by atoms with Gasteiger partial charge < -0.3 is 10.2 Å². The molecule has 0 spiro atoms. The number of sulfonamides is 1. The number of allylic oxidation sites excluding steroid dienone is 2. The van der Waals surface area contributed by atoms with Crippen molar-refractivity contribution in [2.24, 2.45) is 10.2 Å². The Morgan fingerprint density at radius 1 is 0.919 bits per heavy atom. The number of carbonyl (C=O) groups is 1. The Bertz CT molecular complexity index is 1710. The molecule has 0 radical (unpaired) electrons. The topological polar surface area (TPSA) is 128 Å². The van der Waals surface area contributed by atoms with Crippen LogP contribution in [0.2, 0.25) is 0 Å². The summed E-state index contributed by atoms with van der Waals surface area (Å²) in [7, 11) is -3.93. The molecule has 4 aromatic carbocycles. The molecule has 0 saturated heterocycles. The van der Waals surface area contributed by atoms with Gasteiger partial charge in [-0.05, 0) is 72.3 Å². The molecule has 0 aromatic heterocycles. The summed E-state index contributed by atoms with van der Waals surface area (Å²) in [5.74, 6) is -0.815. The fourth-order valence-electron chi connectivity index (χ4n) is 4.14. The lowest BCUT2D eigenvalue weighted by molar-refractivity contribution is 0.0995. The van der Waals surface area contributed by atoms with Gasteiger partial charge in [-0.15, -0.1) is 10.2 Å². The van der Waals surface area contributed by atoms with Crippen LogP contribution in [0, 0.1) is 0 Å². The average molecular weight is 578 g/mol. The number of carbonyl (C=O) groups excluding carboxylic acids is 1. The molecule has 0 fully saturated rings. The van der Waals surface area contributed by atoms with Crippen molar-refractivity contribution < 1.29 is 23.4 Å². The minimum Gasteiger partial charge on any atom is -0.507 e. The zero-order valence-corrected chi connectivity index (χ0v) is 21.6. The molecule has 0 bridgehead atoms. The number of hydrogen-bond donors (Lipinski definition) is 3. The van der Waals surface area contributed by atoms with Crippen molar-refractivity contribution in [3.05, 3.63) is 100 Å². The van der Waals surface area contributed by atoms with Gasteiger partial charge in [-0.25, -0.2) is 8.42 Å². The molecule has 4 aromatic rings. The van der Waals surface area contributed by atoms with Gasteiger partial charge in [0, 0.05) is 21.0 Å². The van der Waals surface area contributed by atoms with Gasteiger partial charge in [0.25, 0.3) is 15.9 Å². The van der Waals surface area contributed by atoms with Crippen LogP contribution in [-0.4, -0.2) is 24.5 Å². The van der Waals surface area contributed by atoms with Gasteiger partial charge in [0.1, 0.15) is 17.2 Å². The van der Waals surface area contributed by atoms with Crippen molar-refractivity contribution in [3.8, 4) is 11.5 Å². The number of nitrogens with zero attached hydrogens (tertiary/aromatic N) is 2. The van der Waals surface area contributed by atoms with Crippen molar-refractivity contribution in [1.82, 2.24) is 0 Å². The van der Waals surface area contributed by atoms with Crippen LogP contribution in [0.3, 0.4) is 0 Å². The zero-order chi connectivity index (χ0) is 26.2. The predicted octanol–water partition coefficient (Wildman–Crippen LogP) is 6.39. The van der Waals surface area contributed by atoms with E-state index in [-0.39, 0.29) is 33.3 Å². The molecular weight excluding hydrogens is 558 g/mol. The van der Waals surface area contributed by atoms with E-state index in [1.54, 1.807) is 36.4 Å². The second kappa shape index (κ2) is 9.79. The van der Waals surface area contributed by atoms with Gasteiger partial charge in [0.2, 0.25) is 0 Å². The first kappa shape index (κ1) is 24.7. The molecule has 8 nitrogen and oxygen atoms in total. The molecule has 0 atom stereocenters. The Morgan fingerprint density at radius 2 is 1.65 bits per heavy atom. The van der Waals surface area contributed by atoms with Crippen molar-refractivity contribution in [2.75, 3.05) is 4.72 Å². The zero-order valence-electron chi connectivity index (χ0n) is 19.2. The van der Waals surface area contributed by atoms with Crippen molar-refractivity contribution >= 4 is 54.0 Å². The highest BCUT2D eigenvalue weighted by Crippen LogP contribution is 2.41. The Kier molecular flexibility index (Phi) is 6.53. The first-order valence-electron chi connectivity index (χ1n) is 11.2. The number of amides is 1. The summed E-state index contributed by atoms with van der Waals surface area (Å²) in [4.78, 5) is 12.8. The summed E-state index contributed by atoms with van der Waals surface area (Å²) in [6, 6.07) is 17.4. The second-order valence-electron chi connectivity index (χ2n) is 8.41. The third-order valence-corrected chi connectivity index (χ3v) is 7.94. The lowest BCUT2D eigenvalue weighted by Gasteiger charge is -2.19. The molecule has 1 aliphatic rings. The van der Waals surface area contributed by atoms with Gasteiger partial charge in [-0.1, -0.05) is 46.3 Å². The van der Waals surface area contributed by atoms with Crippen LogP contribution in [0.4, 0.5) is 11.4 Å². The fraction of sp³-hybridized carbons (Fsp3) is 0.0741. The maximum absolute atomic E-state index is 13.0. The van der Waals surface area contributed by atoms with E-state index in [9.17, 15) is 23.4 Å². The summed E-state index contributed by atoms with van der Waals surface area (Å²) in [5, 5.41) is 29.9. The quantitative estimate of drug-likeness (QED) is 0.144. The van der Waals surface area contributed by atoms with Gasteiger partial charge in [0.15, 0.2) is 0 Å². The molecule has 37 heavy (non-hydrogen) atoms. The number of benzene rings is 4. The number of phenolic OH excluding ortho intramolecular Hbond substituents is 2. The summed E-state index contributed by atoms with van der Waals surface area (Å²) >= 11 is 3.29. The molecule has 5 rings (SSSR count). The maximum Gasteiger partial charge on any atom is 0.295 e. The second-order valence-corrected chi connectivity index (χ2v) is 11.0. The number of hydrogen-bond acceptors (Lipinski definition) is 6. The van der Waals surface area contributed by atoms with E-state index in [1.165, 1.54) is 30.3 Å². The van der Waals surface area contributed by atoms with Crippen molar-refractivity contribution in [2.45, 2.75) is 17.7 Å². The Morgan fingerprint density at radius 3 is 2.41 bits per heavy atom. The van der Waals surface area contributed by atoms with E-state index in [0.717, 1.165) is 9.86 Å². The van der Waals surface area contributed by atoms with Gasteiger partial charge >= 0.3 is 0 Å². The van der Waals surface area contributed by atoms with Crippen molar-refractivity contribution in [3.63, 3.8) is 0 Å². The summed E-state index contributed by atoms with van der Waals surface area (Å²) in [6.07, 6.45) is 4.54. The number of anilines is 1. The number of rotatable bonds is 5. The highest BCUT2D eigenvalue weighted by molar-refractivity contribution is 9.10. The highest BCUT2D eigenvalue weighted by Gasteiger charge is 2.23. The molecule has 1 amide bonds. The van der Waals surface area contributed by atoms with Gasteiger partial charge in [-0.2, -0.15) is 0 Å². The molecule has 0 heterocycles. The van der Waals surface area contributed by atoms with Crippen LogP contribution < -0.4 is 4.72 Å². The first-order chi connectivity index (χ1) is 17.7. The van der Waals surface area contributed by atoms with E-state index >= 15 is 0 Å². The average Bonchev–Trinajstić information content (AvgIpc) is 2.89. The van der Waals surface area contributed by atoms with Crippen LogP contribution in [0.1, 0.15) is 21.5 Å². The molecule has 0 unspecified atom stereocenters. The molecular formula is C27H20BrN3O5S. The normalized spacial score (nSPS) is 13.1. The number of nitrogens with one attached hydrogen (secondary N) is 1. The largest absolute Gasteiger partial charge is 0.507 e. The van der Waals surface area contributed by atoms with E-state index in [4.69, 9.17) is 0 Å². The summed E-state index contributed by atoms with van der Waals surface area (Å²) in [6.45, 7) is 0. The molecule has 0 aliphatic heterocycles. The lowest BCUT2D eigenvalue weighted by Crippen LogP contribution is -2.15. The number of halogens is 1. The predicted molar refractivity (Wildman–Crippen MR) is 144 cm³/mol. The highest BCUT2D eigenvalue weighted by atomic mass is 79.9. The smallest absolute Gasteiger partial charge is 0.295 e. The number of aromatic hydroxyl groups is 2. The van der Waals surface area contributed by atoms with Crippen LogP contribution in [0.5, 0.6) is 11.5 Å².